The van der Waals surface area contributed by atoms with Gasteiger partial charge >= 0.3 is 0 Å². The predicted octanol–water partition coefficient (Wildman–Crippen LogP) is 3.28. The van der Waals surface area contributed by atoms with Gasteiger partial charge in [-0.05, 0) is 19.4 Å². The molecule has 0 heterocycles. The monoisotopic (exact) mass is 207 g/mol. The van der Waals surface area contributed by atoms with Crippen molar-refractivity contribution in [3.05, 3.63) is 29.3 Å². The SMILES string of the molecule is CCCCC[C@H](N)c1cc(C)ccc1O. The van der Waals surface area contributed by atoms with Crippen LogP contribution in [0.4, 0.5) is 0 Å². The van der Waals surface area contributed by atoms with Crippen LogP contribution < -0.4 is 5.73 Å². The maximum absolute atomic E-state index is 9.68. The topological polar surface area (TPSA) is 46.2 Å². The van der Waals surface area contributed by atoms with Gasteiger partial charge in [0.25, 0.3) is 0 Å². The van der Waals surface area contributed by atoms with Gasteiger partial charge in [-0.25, -0.2) is 0 Å². The molecule has 0 saturated heterocycles. The number of benzene rings is 1. The minimum Gasteiger partial charge on any atom is -0.508 e. The Labute approximate surface area is 92.1 Å². The Morgan fingerprint density at radius 3 is 2.73 bits per heavy atom. The molecule has 0 bridgehead atoms. The van der Waals surface area contributed by atoms with E-state index in [2.05, 4.69) is 6.92 Å². The van der Waals surface area contributed by atoms with Crippen molar-refractivity contribution < 1.29 is 5.11 Å². The molecule has 1 rings (SSSR count). The second-order valence-corrected chi connectivity index (χ2v) is 4.16. The average Bonchev–Trinajstić information content (AvgIpc) is 2.22. The molecule has 3 N–H and O–H groups in total. The minimum atomic E-state index is -0.0311. The maximum Gasteiger partial charge on any atom is 0.120 e. The summed E-state index contributed by atoms with van der Waals surface area (Å²) in [5, 5.41) is 9.68. The summed E-state index contributed by atoms with van der Waals surface area (Å²) in [5.41, 5.74) is 8.07. The number of phenolic OH excluding ortho intramolecular Hbond substituents is 1. The average molecular weight is 207 g/mol. The van der Waals surface area contributed by atoms with E-state index >= 15 is 0 Å². The predicted molar refractivity (Wildman–Crippen MR) is 63.9 cm³/mol. The van der Waals surface area contributed by atoms with Crippen LogP contribution >= 0.6 is 0 Å². The molecule has 0 amide bonds. The third kappa shape index (κ3) is 3.56. The highest BCUT2D eigenvalue weighted by atomic mass is 16.3. The first kappa shape index (κ1) is 12.1. The van der Waals surface area contributed by atoms with Crippen molar-refractivity contribution in [3.63, 3.8) is 0 Å². The van der Waals surface area contributed by atoms with Gasteiger partial charge in [0, 0.05) is 11.6 Å². The van der Waals surface area contributed by atoms with Crippen LogP contribution in [0.1, 0.15) is 49.8 Å². The summed E-state index contributed by atoms with van der Waals surface area (Å²) in [4.78, 5) is 0. The molecule has 0 aliphatic carbocycles. The number of hydrogen-bond acceptors (Lipinski definition) is 2. The highest BCUT2D eigenvalue weighted by molar-refractivity contribution is 5.37. The van der Waals surface area contributed by atoms with Crippen LogP contribution in [0.2, 0.25) is 0 Å². The first-order valence-corrected chi connectivity index (χ1v) is 5.70. The van der Waals surface area contributed by atoms with Gasteiger partial charge < -0.3 is 10.8 Å². The van der Waals surface area contributed by atoms with E-state index in [4.69, 9.17) is 5.73 Å². The summed E-state index contributed by atoms with van der Waals surface area (Å²) in [5.74, 6) is 0.324. The van der Waals surface area contributed by atoms with Gasteiger partial charge in [-0.2, -0.15) is 0 Å². The highest BCUT2D eigenvalue weighted by Crippen LogP contribution is 2.26. The number of rotatable bonds is 5. The summed E-state index contributed by atoms with van der Waals surface area (Å²) < 4.78 is 0. The molecule has 0 aliphatic heterocycles. The molecule has 0 aromatic heterocycles. The normalized spacial score (nSPS) is 12.7. The van der Waals surface area contributed by atoms with E-state index < -0.39 is 0 Å². The molecule has 0 spiro atoms. The van der Waals surface area contributed by atoms with Gasteiger partial charge in [-0.1, -0.05) is 43.9 Å². The Kier molecular flexibility index (Phi) is 4.63. The maximum atomic E-state index is 9.68. The van der Waals surface area contributed by atoms with Gasteiger partial charge in [0.05, 0.1) is 0 Å². The van der Waals surface area contributed by atoms with Crippen molar-refractivity contribution in [1.82, 2.24) is 0 Å². The molecule has 2 nitrogen and oxygen atoms in total. The molecule has 2 heteroatoms. The van der Waals surface area contributed by atoms with Crippen LogP contribution in [0, 0.1) is 6.92 Å². The molecule has 84 valence electrons. The summed E-state index contributed by atoms with van der Waals surface area (Å²) in [6.45, 7) is 4.19. The number of aryl methyl sites for hydroxylation is 1. The standard InChI is InChI=1S/C13H21NO/c1-3-4-5-6-12(14)11-9-10(2)7-8-13(11)15/h7-9,12,15H,3-6,14H2,1-2H3/t12-/m0/s1. The van der Waals surface area contributed by atoms with Crippen molar-refractivity contribution in [1.29, 1.82) is 0 Å². The molecule has 0 saturated carbocycles. The molecule has 1 atom stereocenters. The van der Waals surface area contributed by atoms with E-state index in [-0.39, 0.29) is 6.04 Å². The number of nitrogens with two attached hydrogens (primary N) is 1. The van der Waals surface area contributed by atoms with Crippen molar-refractivity contribution in [2.24, 2.45) is 5.73 Å². The largest absolute Gasteiger partial charge is 0.508 e. The molecule has 0 aliphatic rings. The van der Waals surface area contributed by atoms with Crippen LogP contribution in [-0.4, -0.2) is 5.11 Å². The molecule has 1 aromatic rings. The first-order chi connectivity index (χ1) is 7.15. The minimum absolute atomic E-state index is 0.0311. The van der Waals surface area contributed by atoms with Crippen molar-refractivity contribution in [2.75, 3.05) is 0 Å². The van der Waals surface area contributed by atoms with Crippen LogP contribution in [0.15, 0.2) is 18.2 Å². The highest BCUT2D eigenvalue weighted by Gasteiger charge is 2.10. The molecule has 15 heavy (non-hydrogen) atoms. The van der Waals surface area contributed by atoms with Gasteiger partial charge in [-0.3, -0.25) is 0 Å². The molecule has 0 radical (unpaired) electrons. The van der Waals surface area contributed by atoms with E-state index in [1.165, 1.54) is 12.8 Å². The van der Waals surface area contributed by atoms with E-state index in [1.54, 1.807) is 6.07 Å². The van der Waals surface area contributed by atoms with Gasteiger partial charge in [-0.15, -0.1) is 0 Å². The summed E-state index contributed by atoms with van der Waals surface area (Å²) >= 11 is 0. The van der Waals surface area contributed by atoms with Gasteiger partial charge in [0.2, 0.25) is 0 Å². The van der Waals surface area contributed by atoms with Crippen molar-refractivity contribution in [2.45, 2.75) is 45.6 Å². The van der Waals surface area contributed by atoms with Gasteiger partial charge in [0.1, 0.15) is 5.75 Å². The van der Waals surface area contributed by atoms with Crippen molar-refractivity contribution >= 4 is 0 Å². The lowest BCUT2D eigenvalue weighted by Gasteiger charge is -2.14. The Bertz CT molecular complexity index is 309. The Morgan fingerprint density at radius 2 is 2.07 bits per heavy atom. The molecule has 1 aromatic carbocycles. The first-order valence-electron chi connectivity index (χ1n) is 5.70. The van der Waals surface area contributed by atoms with Crippen molar-refractivity contribution in [3.8, 4) is 5.75 Å². The molecule has 0 unspecified atom stereocenters. The lowest BCUT2D eigenvalue weighted by atomic mass is 9.99. The lowest BCUT2D eigenvalue weighted by molar-refractivity contribution is 0.455. The zero-order chi connectivity index (χ0) is 11.3. The zero-order valence-electron chi connectivity index (χ0n) is 9.66. The van der Waals surface area contributed by atoms with Gasteiger partial charge in [0.15, 0.2) is 0 Å². The fourth-order valence-corrected chi connectivity index (χ4v) is 1.74. The van der Waals surface area contributed by atoms with E-state index in [0.29, 0.717) is 5.75 Å². The summed E-state index contributed by atoms with van der Waals surface area (Å²) in [7, 11) is 0. The number of phenols is 1. The molecule has 0 fully saturated rings. The number of unbranched alkanes of at least 4 members (excludes halogenated alkanes) is 2. The van der Waals surface area contributed by atoms with Crippen LogP contribution in [0.25, 0.3) is 0 Å². The third-order valence-electron chi connectivity index (χ3n) is 2.70. The number of hydrogen-bond donors (Lipinski definition) is 2. The fraction of sp³-hybridized carbons (Fsp3) is 0.538. The number of aromatic hydroxyl groups is 1. The Hall–Kier alpha value is -1.02. The second kappa shape index (κ2) is 5.76. The van der Waals surface area contributed by atoms with Crippen LogP contribution in [-0.2, 0) is 0 Å². The molecular formula is C13H21NO. The summed E-state index contributed by atoms with van der Waals surface area (Å²) in [6.07, 6.45) is 4.49. The van der Waals surface area contributed by atoms with E-state index in [1.807, 2.05) is 19.1 Å². The van der Waals surface area contributed by atoms with E-state index in [0.717, 1.165) is 24.0 Å². The third-order valence-corrected chi connectivity index (χ3v) is 2.70. The quantitative estimate of drug-likeness (QED) is 0.728. The summed E-state index contributed by atoms with van der Waals surface area (Å²) in [6, 6.07) is 5.57. The molecular weight excluding hydrogens is 186 g/mol. The fourth-order valence-electron chi connectivity index (χ4n) is 1.74. The zero-order valence-corrected chi connectivity index (χ0v) is 9.66. The Morgan fingerprint density at radius 1 is 1.33 bits per heavy atom. The Balaban J connectivity index is 2.64. The second-order valence-electron chi connectivity index (χ2n) is 4.16. The lowest BCUT2D eigenvalue weighted by Crippen LogP contribution is -2.10. The van der Waals surface area contributed by atoms with Crippen LogP contribution in [0.3, 0.4) is 0 Å². The smallest absolute Gasteiger partial charge is 0.120 e. The van der Waals surface area contributed by atoms with Crippen LogP contribution in [0.5, 0.6) is 5.75 Å². The van der Waals surface area contributed by atoms with E-state index in [9.17, 15) is 5.11 Å².